The lowest BCUT2D eigenvalue weighted by Crippen LogP contribution is -2.09. The van der Waals surface area contributed by atoms with E-state index in [1.165, 1.54) is 65.4 Å². The molecule has 0 N–H and O–H groups in total. The van der Waals surface area contributed by atoms with Crippen LogP contribution in [0.15, 0.2) is 126 Å². The number of benzene rings is 6. The Morgan fingerprint density at radius 2 is 0.972 bits per heavy atom. The monoisotopic (exact) mass is 480 g/mol. The SMILES string of the molecule is CS1(C)Cc2cc3c(-c4ccccc4)c4ccccc4c(-c4ccccc4)c3cc2-c2ccccc21. The van der Waals surface area contributed by atoms with E-state index in [0.29, 0.717) is 0 Å². The lowest BCUT2D eigenvalue weighted by Gasteiger charge is -2.39. The molecule has 0 fully saturated rings. The molecule has 0 saturated carbocycles. The van der Waals surface area contributed by atoms with Crippen molar-refractivity contribution >= 4 is 31.6 Å². The molecule has 0 aliphatic carbocycles. The van der Waals surface area contributed by atoms with E-state index in [0.717, 1.165) is 5.75 Å². The Bertz CT molecular complexity index is 1760. The molecule has 0 unspecified atom stereocenters. The Morgan fingerprint density at radius 1 is 0.472 bits per heavy atom. The van der Waals surface area contributed by atoms with Gasteiger partial charge in [0.2, 0.25) is 0 Å². The smallest absolute Gasteiger partial charge is 0.00650 e. The van der Waals surface area contributed by atoms with Crippen LogP contribution in [0.1, 0.15) is 5.56 Å². The first-order chi connectivity index (χ1) is 17.6. The molecule has 6 aromatic carbocycles. The van der Waals surface area contributed by atoms with E-state index < -0.39 is 10.0 Å². The molecule has 6 aromatic rings. The zero-order chi connectivity index (χ0) is 24.3. The third kappa shape index (κ3) is 3.23. The molecule has 7 rings (SSSR count). The van der Waals surface area contributed by atoms with Gasteiger partial charge in [0.25, 0.3) is 0 Å². The van der Waals surface area contributed by atoms with E-state index in [1.54, 1.807) is 0 Å². The van der Waals surface area contributed by atoms with Gasteiger partial charge in [-0.1, -0.05) is 103 Å². The summed E-state index contributed by atoms with van der Waals surface area (Å²) in [6.07, 6.45) is 4.93. The summed E-state index contributed by atoms with van der Waals surface area (Å²) in [5.41, 5.74) is 9.52. The second-order valence-electron chi connectivity index (χ2n) is 10.3. The maximum absolute atomic E-state index is 2.52. The first-order valence-electron chi connectivity index (χ1n) is 12.5. The molecule has 1 aliphatic heterocycles. The summed E-state index contributed by atoms with van der Waals surface area (Å²) >= 11 is 0. The van der Waals surface area contributed by atoms with E-state index in [9.17, 15) is 0 Å². The van der Waals surface area contributed by atoms with E-state index in [2.05, 4.69) is 134 Å². The summed E-state index contributed by atoms with van der Waals surface area (Å²) in [6.45, 7) is 0. The zero-order valence-corrected chi connectivity index (χ0v) is 21.5. The summed E-state index contributed by atoms with van der Waals surface area (Å²) in [7, 11) is -0.906. The molecule has 1 heteroatoms. The fourth-order valence-corrected chi connectivity index (χ4v) is 8.50. The summed E-state index contributed by atoms with van der Waals surface area (Å²) in [4.78, 5) is 1.53. The highest BCUT2D eigenvalue weighted by atomic mass is 32.3. The van der Waals surface area contributed by atoms with Crippen LogP contribution in [0.25, 0.3) is 54.9 Å². The van der Waals surface area contributed by atoms with Gasteiger partial charge in [0.1, 0.15) is 0 Å². The lowest BCUT2D eigenvalue weighted by molar-refractivity contribution is 1.29. The van der Waals surface area contributed by atoms with Crippen molar-refractivity contribution in [1.82, 2.24) is 0 Å². The van der Waals surface area contributed by atoms with Gasteiger partial charge in [0, 0.05) is 5.75 Å². The van der Waals surface area contributed by atoms with Gasteiger partial charge >= 0.3 is 0 Å². The van der Waals surface area contributed by atoms with Gasteiger partial charge in [-0.2, -0.15) is 0 Å². The molecule has 0 aromatic heterocycles. The van der Waals surface area contributed by atoms with Gasteiger partial charge in [-0.15, -0.1) is 0 Å². The maximum Gasteiger partial charge on any atom is 0.00650 e. The molecule has 174 valence electrons. The summed E-state index contributed by atoms with van der Waals surface area (Å²) < 4.78 is 0. The number of hydrogen-bond donors (Lipinski definition) is 0. The third-order valence-corrected chi connectivity index (χ3v) is 10.2. The third-order valence-electron chi connectivity index (χ3n) is 7.66. The van der Waals surface area contributed by atoms with E-state index in [1.807, 2.05) is 0 Å². The molecule has 0 amide bonds. The summed E-state index contributed by atoms with van der Waals surface area (Å²) in [5, 5.41) is 5.32. The first kappa shape index (κ1) is 21.5. The Hall–Kier alpha value is -3.81. The van der Waals surface area contributed by atoms with Crippen LogP contribution in [0.2, 0.25) is 0 Å². The Kier molecular flexibility index (Phi) is 4.84. The average molecular weight is 481 g/mol. The van der Waals surface area contributed by atoms with Crippen LogP contribution >= 0.6 is 10.0 Å². The highest BCUT2D eigenvalue weighted by Crippen LogP contribution is 2.60. The van der Waals surface area contributed by atoms with Crippen LogP contribution in [0.3, 0.4) is 0 Å². The van der Waals surface area contributed by atoms with Crippen LogP contribution in [-0.2, 0) is 5.75 Å². The topological polar surface area (TPSA) is 0 Å². The fraction of sp³-hybridized carbons (Fsp3) is 0.0857. The second-order valence-corrected chi connectivity index (χ2v) is 14.1. The second kappa shape index (κ2) is 8.11. The first-order valence-corrected chi connectivity index (χ1v) is 15.2. The minimum absolute atomic E-state index is 0.906. The highest BCUT2D eigenvalue weighted by molar-refractivity contribution is 8.32. The van der Waals surface area contributed by atoms with Crippen molar-refractivity contribution in [3.63, 3.8) is 0 Å². The van der Waals surface area contributed by atoms with Crippen molar-refractivity contribution in [2.45, 2.75) is 10.6 Å². The van der Waals surface area contributed by atoms with Gasteiger partial charge in [-0.3, -0.25) is 0 Å². The quantitative estimate of drug-likeness (QED) is 0.216. The molecule has 0 nitrogen and oxygen atoms in total. The van der Waals surface area contributed by atoms with E-state index in [4.69, 9.17) is 0 Å². The predicted octanol–water partition coefficient (Wildman–Crippen LogP) is 9.93. The molecule has 1 aliphatic rings. The van der Waals surface area contributed by atoms with E-state index in [-0.39, 0.29) is 0 Å². The average Bonchev–Trinajstić information content (AvgIpc) is 2.92. The number of fused-ring (bicyclic) bond motifs is 5. The maximum atomic E-state index is 2.52. The predicted molar refractivity (Wildman–Crippen MR) is 159 cm³/mol. The minimum Gasteiger partial charge on any atom is -0.216 e. The molecular formula is C35H28S. The van der Waals surface area contributed by atoms with Crippen LogP contribution in [0, 0.1) is 0 Å². The van der Waals surface area contributed by atoms with Gasteiger partial charge < -0.3 is 0 Å². The van der Waals surface area contributed by atoms with Crippen molar-refractivity contribution in [3.05, 3.63) is 127 Å². The van der Waals surface area contributed by atoms with Crippen LogP contribution in [0.4, 0.5) is 0 Å². The van der Waals surface area contributed by atoms with Gasteiger partial charge in [-0.25, -0.2) is 10.0 Å². The largest absolute Gasteiger partial charge is 0.216 e. The molecule has 0 saturated heterocycles. The Balaban J connectivity index is 1.69. The molecule has 0 atom stereocenters. The van der Waals surface area contributed by atoms with Crippen LogP contribution < -0.4 is 0 Å². The lowest BCUT2D eigenvalue weighted by atomic mass is 9.83. The van der Waals surface area contributed by atoms with Gasteiger partial charge in [-0.05, 0) is 96.1 Å². The van der Waals surface area contributed by atoms with Crippen molar-refractivity contribution in [1.29, 1.82) is 0 Å². The van der Waals surface area contributed by atoms with Gasteiger partial charge in [0.05, 0.1) is 0 Å². The molecule has 0 spiro atoms. The Morgan fingerprint density at radius 3 is 1.58 bits per heavy atom. The van der Waals surface area contributed by atoms with E-state index >= 15 is 0 Å². The van der Waals surface area contributed by atoms with Crippen LogP contribution in [0.5, 0.6) is 0 Å². The van der Waals surface area contributed by atoms with Crippen molar-refractivity contribution in [2.24, 2.45) is 0 Å². The fourth-order valence-electron chi connectivity index (χ4n) is 6.11. The highest BCUT2D eigenvalue weighted by Gasteiger charge is 2.28. The van der Waals surface area contributed by atoms with Crippen molar-refractivity contribution in [3.8, 4) is 33.4 Å². The van der Waals surface area contributed by atoms with Crippen LogP contribution in [-0.4, -0.2) is 12.5 Å². The standard InChI is InChI=1S/C35H28S/c1-36(2)23-26-21-31-32(22-30(26)27-17-11-12-20-33(27)36)35(25-15-7-4-8-16-25)29-19-10-9-18-28(29)34(31)24-13-5-3-6-14-24/h3-22H,23H2,1-2H3. The molecule has 1 heterocycles. The molecule has 36 heavy (non-hydrogen) atoms. The molecular weight excluding hydrogens is 452 g/mol. The normalized spacial score (nSPS) is 14.8. The Labute approximate surface area is 214 Å². The molecule has 0 bridgehead atoms. The summed E-state index contributed by atoms with van der Waals surface area (Å²) in [6, 6.07) is 44.9. The van der Waals surface area contributed by atoms with Crippen molar-refractivity contribution in [2.75, 3.05) is 12.5 Å². The number of rotatable bonds is 2. The van der Waals surface area contributed by atoms with Gasteiger partial charge in [0.15, 0.2) is 0 Å². The zero-order valence-electron chi connectivity index (χ0n) is 20.7. The molecule has 0 radical (unpaired) electrons. The van der Waals surface area contributed by atoms with Crippen molar-refractivity contribution < 1.29 is 0 Å². The number of hydrogen-bond acceptors (Lipinski definition) is 0. The summed E-state index contributed by atoms with van der Waals surface area (Å²) in [5.74, 6) is 1.12. The minimum atomic E-state index is -0.906.